The van der Waals surface area contributed by atoms with Gasteiger partial charge in [0.1, 0.15) is 5.82 Å². The number of pyridine rings is 1. The van der Waals surface area contributed by atoms with Crippen LogP contribution < -0.4 is 5.32 Å². The van der Waals surface area contributed by atoms with Crippen LogP contribution in [0.5, 0.6) is 0 Å². The standard InChI is InChI=1S/C19H20N6O/c1-3-9-20-19(26)17-8-10-25(22-17)18-7-6-16-5-4-14(13-24(16)18)15-11-21-23(2)12-15/h4-8,10-13H,3,9H2,1-2H3,(H,20,26). The van der Waals surface area contributed by atoms with Crippen molar-refractivity contribution in [3.63, 3.8) is 0 Å². The molecule has 0 bridgehead atoms. The minimum atomic E-state index is -0.150. The summed E-state index contributed by atoms with van der Waals surface area (Å²) in [6, 6.07) is 9.88. The maximum atomic E-state index is 12.1. The van der Waals surface area contributed by atoms with Gasteiger partial charge < -0.3 is 9.72 Å². The van der Waals surface area contributed by atoms with Crippen molar-refractivity contribution >= 4 is 11.4 Å². The first-order valence-electron chi connectivity index (χ1n) is 8.60. The van der Waals surface area contributed by atoms with Crippen molar-refractivity contribution in [1.29, 1.82) is 0 Å². The van der Waals surface area contributed by atoms with E-state index in [0.717, 1.165) is 28.9 Å². The van der Waals surface area contributed by atoms with Gasteiger partial charge in [0.2, 0.25) is 0 Å². The number of hydrogen-bond acceptors (Lipinski definition) is 3. The highest BCUT2D eigenvalue weighted by Crippen LogP contribution is 2.22. The second kappa shape index (κ2) is 6.51. The van der Waals surface area contributed by atoms with Gasteiger partial charge in [0, 0.05) is 48.8 Å². The number of aromatic nitrogens is 5. The Morgan fingerprint density at radius 2 is 1.96 bits per heavy atom. The van der Waals surface area contributed by atoms with E-state index in [2.05, 4.69) is 38.2 Å². The van der Waals surface area contributed by atoms with Gasteiger partial charge in [0.15, 0.2) is 5.69 Å². The first-order chi connectivity index (χ1) is 12.7. The Labute approximate surface area is 150 Å². The maximum Gasteiger partial charge on any atom is 0.271 e. The Morgan fingerprint density at radius 1 is 1.12 bits per heavy atom. The quantitative estimate of drug-likeness (QED) is 0.603. The zero-order valence-electron chi connectivity index (χ0n) is 14.8. The highest BCUT2D eigenvalue weighted by Gasteiger charge is 2.12. The fourth-order valence-electron chi connectivity index (χ4n) is 2.92. The number of fused-ring (bicyclic) bond motifs is 1. The SMILES string of the molecule is CCCNC(=O)c1ccn(-c2ccc3ccc(-c4cnn(C)c4)cn23)n1. The summed E-state index contributed by atoms with van der Waals surface area (Å²) >= 11 is 0. The molecule has 0 aliphatic rings. The summed E-state index contributed by atoms with van der Waals surface area (Å²) in [6.45, 7) is 2.67. The van der Waals surface area contributed by atoms with Gasteiger partial charge in [-0.1, -0.05) is 13.0 Å². The van der Waals surface area contributed by atoms with E-state index < -0.39 is 0 Å². The van der Waals surface area contributed by atoms with Crippen molar-refractivity contribution < 1.29 is 4.79 Å². The van der Waals surface area contributed by atoms with E-state index in [1.165, 1.54) is 0 Å². The zero-order chi connectivity index (χ0) is 18.1. The third-order valence-electron chi connectivity index (χ3n) is 4.26. The molecular weight excluding hydrogens is 328 g/mol. The van der Waals surface area contributed by atoms with Gasteiger partial charge in [-0.2, -0.15) is 10.2 Å². The van der Waals surface area contributed by atoms with Gasteiger partial charge in [-0.25, -0.2) is 4.68 Å². The lowest BCUT2D eigenvalue weighted by molar-refractivity contribution is 0.0948. The molecule has 0 atom stereocenters. The normalized spacial score (nSPS) is 11.2. The lowest BCUT2D eigenvalue weighted by Gasteiger charge is -2.05. The average molecular weight is 348 g/mol. The van der Waals surface area contributed by atoms with Crippen LogP contribution in [0.25, 0.3) is 22.5 Å². The predicted octanol–water partition coefficient (Wildman–Crippen LogP) is 2.67. The van der Waals surface area contributed by atoms with Crippen molar-refractivity contribution in [3.8, 4) is 16.9 Å². The minimum absolute atomic E-state index is 0.150. The van der Waals surface area contributed by atoms with E-state index in [9.17, 15) is 4.79 Å². The molecule has 0 saturated carbocycles. The Bertz CT molecular complexity index is 1070. The molecule has 0 spiro atoms. The molecule has 4 aromatic rings. The molecule has 1 N–H and O–H groups in total. The fourth-order valence-corrected chi connectivity index (χ4v) is 2.92. The van der Waals surface area contributed by atoms with Gasteiger partial charge in [0.25, 0.3) is 5.91 Å². The molecule has 7 nitrogen and oxygen atoms in total. The summed E-state index contributed by atoms with van der Waals surface area (Å²) in [5, 5.41) is 11.5. The Morgan fingerprint density at radius 3 is 2.73 bits per heavy atom. The molecule has 4 aromatic heterocycles. The molecule has 0 aliphatic heterocycles. The predicted molar refractivity (Wildman–Crippen MR) is 99.3 cm³/mol. The maximum absolute atomic E-state index is 12.1. The Kier molecular flexibility index (Phi) is 4.04. The summed E-state index contributed by atoms with van der Waals surface area (Å²) in [6.07, 6.45) is 8.58. The summed E-state index contributed by atoms with van der Waals surface area (Å²) < 4.78 is 5.56. The molecule has 4 rings (SSSR count). The molecular formula is C19H20N6O. The van der Waals surface area contributed by atoms with Crippen molar-refractivity contribution in [2.75, 3.05) is 6.54 Å². The van der Waals surface area contributed by atoms with Crippen LogP contribution in [0.1, 0.15) is 23.8 Å². The van der Waals surface area contributed by atoms with Crippen molar-refractivity contribution in [1.82, 2.24) is 29.3 Å². The third kappa shape index (κ3) is 2.88. The number of hydrogen-bond donors (Lipinski definition) is 1. The summed E-state index contributed by atoms with van der Waals surface area (Å²) in [5.41, 5.74) is 3.59. The highest BCUT2D eigenvalue weighted by molar-refractivity contribution is 5.92. The largest absolute Gasteiger partial charge is 0.351 e. The molecule has 7 heteroatoms. The highest BCUT2D eigenvalue weighted by atomic mass is 16.1. The average Bonchev–Trinajstić information content (AvgIpc) is 3.37. The number of rotatable bonds is 5. The van der Waals surface area contributed by atoms with Gasteiger partial charge in [-0.05, 0) is 30.7 Å². The number of nitrogens with zero attached hydrogens (tertiary/aromatic N) is 5. The van der Waals surface area contributed by atoms with E-state index in [-0.39, 0.29) is 5.91 Å². The second-order valence-electron chi connectivity index (χ2n) is 6.21. The second-order valence-corrected chi connectivity index (χ2v) is 6.21. The van der Waals surface area contributed by atoms with Crippen LogP contribution in [0, 0.1) is 0 Å². The van der Waals surface area contributed by atoms with Crippen LogP contribution in [-0.2, 0) is 7.05 Å². The van der Waals surface area contributed by atoms with Crippen molar-refractivity contribution in [3.05, 3.63) is 60.8 Å². The molecule has 26 heavy (non-hydrogen) atoms. The minimum Gasteiger partial charge on any atom is -0.351 e. The molecule has 0 aromatic carbocycles. The molecule has 4 heterocycles. The first kappa shape index (κ1) is 16.1. The van der Waals surface area contributed by atoms with Crippen molar-refractivity contribution in [2.45, 2.75) is 13.3 Å². The van der Waals surface area contributed by atoms with E-state index in [0.29, 0.717) is 12.2 Å². The van der Waals surface area contributed by atoms with Crippen LogP contribution in [-0.4, -0.2) is 36.4 Å². The molecule has 0 aliphatic carbocycles. The molecule has 0 unspecified atom stereocenters. The Hall–Kier alpha value is -3.35. The summed E-state index contributed by atoms with van der Waals surface area (Å²) in [7, 11) is 1.90. The monoisotopic (exact) mass is 348 g/mol. The number of carbonyl (C=O) groups excluding carboxylic acids is 1. The summed E-state index contributed by atoms with van der Waals surface area (Å²) in [5.74, 6) is 0.725. The van der Waals surface area contributed by atoms with Crippen LogP contribution in [0.4, 0.5) is 0 Å². The Balaban J connectivity index is 1.71. The third-order valence-corrected chi connectivity index (χ3v) is 4.26. The number of aryl methyl sites for hydroxylation is 1. The lowest BCUT2D eigenvalue weighted by atomic mass is 10.1. The van der Waals surface area contributed by atoms with Crippen molar-refractivity contribution in [2.24, 2.45) is 7.05 Å². The molecule has 0 saturated heterocycles. The zero-order valence-corrected chi connectivity index (χ0v) is 14.8. The van der Waals surface area contributed by atoms with Crippen LogP contribution in [0.2, 0.25) is 0 Å². The van der Waals surface area contributed by atoms with Crippen LogP contribution in [0.3, 0.4) is 0 Å². The number of amides is 1. The van der Waals surface area contributed by atoms with E-state index >= 15 is 0 Å². The fraction of sp³-hybridized carbons (Fsp3) is 0.211. The number of carbonyl (C=O) groups is 1. The van der Waals surface area contributed by atoms with Crippen LogP contribution in [0.15, 0.2) is 55.1 Å². The molecule has 132 valence electrons. The number of nitrogens with one attached hydrogen (secondary N) is 1. The first-order valence-corrected chi connectivity index (χ1v) is 8.60. The topological polar surface area (TPSA) is 69.2 Å². The van der Waals surface area contributed by atoms with Crippen LogP contribution >= 0.6 is 0 Å². The summed E-state index contributed by atoms with van der Waals surface area (Å²) in [4.78, 5) is 12.1. The van der Waals surface area contributed by atoms with Gasteiger partial charge >= 0.3 is 0 Å². The molecule has 0 fully saturated rings. The van der Waals surface area contributed by atoms with Gasteiger partial charge in [-0.15, -0.1) is 0 Å². The lowest BCUT2D eigenvalue weighted by Crippen LogP contribution is -2.24. The molecule has 1 amide bonds. The van der Waals surface area contributed by atoms with Gasteiger partial charge in [-0.3, -0.25) is 9.48 Å². The van der Waals surface area contributed by atoms with Gasteiger partial charge in [0.05, 0.1) is 6.20 Å². The van der Waals surface area contributed by atoms with E-state index in [1.54, 1.807) is 21.6 Å². The van der Waals surface area contributed by atoms with E-state index in [4.69, 9.17) is 0 Å². The van der Waals surface area contributed by atoms with E-state index in [1.807, 2.05) is 38.5 Å². The molecule has 0 radical (unpaired) electrons. The smallest absolute Gasteiger partial charge is 0.271 e.